The number of nitrogens with one attached hydrogen (secondary N) is 1. The van der Waals surface area contributed by atoms with Gasteiger partial charge in [0.25, 0.3) is 0 Å². The summed E-state index contributed by atoms with van der Waals surface area (Å²) in [5.41, 5.74) is 9.55. The summed E-state index contributed by atoms with van der Waals surface area (Å²) < 4.78 is 5.70. The number of anilines is 2. The van der Waals surface area contributed by atoms with Gasteiger partial charge in [-0.1, -0.05) is 30.3 Å². The quantitative estimate of drug-likeness (QED) is 0.727. The van der Waals surface area contributed by atoms with E-state index < -0.39 is 0 Å². The Balaban J connectivity index is 1.47. The number of carbonyl (C=O) groups is 1. The molecule has 4 heteroatoms. The summed E-state index contributed by atoms with van der Waals surface area (Å²) in [6, 6.07) is 15.5. The average molecular weight is 324 g/mol. The zero-order valence-electron chi connectivity index (χ0n) is 13.8. The molecule has 0 radical (unpaired) electrons. The average Bonchev–Trinajstić information content (AvgIpc) is 3.39. The highest BCUT2D eigenvalue weighted by atomic mass is 16.5. The zero-order chi connectivity index (χ0) is 16.8. The molecule has 1 aliphatic carbocycles. The number of benzene rings is 2. The summed E-state index contributed by atoms with van der Waals surface area (Å²) in [7, 11) is 0. The van der Waals surface area contributed by atoms with Gasteiger partial charge < -0.3 is 15.8 Å². The molecule has 2 aromatic carbocycles. The predicted octanol–water partition coefficient (Wildman–Crippen LogP) is 3.77. The topological polar surface area (TPSA) is 64.4 Å². The zero-order valence-corrected chi connectivity index (χ0v) is 13.8. The Hall–Kier alpha value is -2.33. The van der Waals surface area contributed by atoms with Crippen LogP contribution >= 0.6 is 0 Å². The molecule has 0 heterocycles. The smallest absolute Gasteiger partial charge is 0.224 e. The van der Waals surface area contributed by atoms with Gasteiger partial charge in [0.15, 0.2) is 0 Å². The number of carbonyl (C=O) groups excluding carboxylic acids is 1. The minimum absolute atomic E-state index is 0.00528. The van der Waals surface area contributed by atoms with Gasteiger partial charge in [-0.15, -0.1) is 0 Å². The third-order valence-electron chi connectivity index (χ3n) is 4.21. The maximum absolute atomic E-state index is 12.1. The van der Waals surface area contributed by atoms with Crippen molar-refractivity contribution in [2.75, 3.05) is 17.7 Å². The fourth-order valence-corrected chi connectivity index (χ4v) is 2.60. The van der Waals surface area contributed by atoms with Gasteiger partial charge in [-0.05, 0) is 54.5 Å². The summed E-state index contributed by atoms with van der Waals surface area (Å²) in [5.74, 6) is 0.757. The van der Waals surface area contributed by atoms with Crippen LogP contribution in [0.5, 0.6) is 0 Å². The van der Waals surface area contributed by atoms with Gasteiger partial charge in [0.2, 0.25) is 5.91 Å². The third-order valence-corrected chi connectivity index (χ3v) is 4.21. The van der Waals surface area contributed by atoms with E-state index in [-0.39, 0.29) is 5.91 Å². The minimum Gasteiger partial charge on any atom is -0.399 e. The Morgan fingerprint density at radius 2 is 2.00 bits per heavy atom. The van der Waals surface area contributed by atoms with Gasteiger partial charge >= 0.3 is 0 Å². The summed E-state index contributed by atoms with van der Waals surface area (Å²) >= 11 is 0. The first-order chi connectivity index (χ1) is 11.7. The second-order valence-corrected chi connectivity index (χ2v) is 6.41. The molecule has 126 valence electrons. The molecular weight excluding hydrogens is 300 g/mol. The van der Waals surface area contributed by atoms with Gasteiger partial charge in [-0.2, -0.15) is 0 Å². The molecule has 0 unspecified atom stereocenters. The van der Waals surface area contributed by atoms with Crippen LogP contribution in [0.1, 0.15) is 30.4 Å². The number of aryl methyl sites for hydroxylation is 1. The summed E-state index contributed by atoms with van der Waals surface area (Å²) in [4.78, 5) is 12.1. The lowest BCUT2D eigenvalue weighted by Gasteiger charge is -2.09. The number of amides is 1. The van der Waals surface area contributed by atoms with Crippen molar-refractivity contribution in [3.63, 3.8) is 0 Å². The molecule has 2 aromatic rings. The maximum atomic E-state index is 12.1. The van der Waals surface area contributed by atoms with E-state index in [2.05, 4.69) is 5.32 Å². The van der Waals surface area contributed by atoms with Gasteiger partial charge in [-0.3, -0.25) is 4.79 Å². The van der Waals surface area contributed by atoms with Gasteiger partial charge in [0.05, 0.1) is 6.61 Å². The van der Waals surface area contributed by atoms with Gasteiger partial charge in [-0.25, -0.2) is 0 Å². The summed E-state index contributed by atoms with van der Waals surface area (Å²) in [6.45, 7) is 1.44. The molecule has 3 N–H and O–H groups in total. The van der Waals surface area contributed by atoms with Crippen LogP contribution in [0.3, 0.4) is 0 Å². The normalized spacial score (nSPS) is 13.7. The molecule has 1 aliphatic rings. The van der Waals surface area contributed by atoms with Crippen molar-refractivity contribution in [3.8, 4) is 0 Å². The molecular formula is C20H24N2O2. The Morgan fingerprint density at radius 1 is 1.17 bits per heavy atom. The van der Waals surface area contributed by atoms with Crippen molar-refractivity contribution in [2.45, 2.75) is 32.3 Å². The standard InChI is InChI=1S/C20H24N2O2/c21-19-7-2-1-5-17(19)10-11-20(23)22-18-6-3-4-16(12-18)14-24-13-15-8-9-15/h1-7,12,15H,8-11,13-14,21H2,(H,22,23). The fourth-order valence-electron chi connectivity index (χ4n) is 2.60. The molecule has 0 aliphatic heterocycles. The van der Waals surface area contributed by atoms with E-state index in [0.29, 0.717) is 19.4 Å². The number of rotatable bonds is 8. The maximum Gasteiger partial charge on any atom is 0.224 e. The van der Waals surface area contributed by atoms with Crippen molar-refractivity contribution in [1.29, 1.82) is 0 Å². The van der Waals surface area contributed by atoms with E-state index >= 15 is 0 Å². The van der Waals surface area contributed by atoms with Crippen LogP contribution in [0.15, 0.2) is 48.5 Å². The number of nitrogens with two attached hydrogens (primary N) is 1. The van der Waals surface area contributed by atoms with E-state index in [1.807, 2.05) is 48.5 Å². The van der Waals surface area contributed by atoms with Crippen molar-refractivity contribution in [2.24, 2.45) is 5.92 Å². The van der Waals surface area contributed by atoms with E-state index in [9.17, 15) is 4.79 Å². The fraction of sp³-hybridized carbons (Fsp3) is 0.350. The Bertz CT molecular complexity index is 696. The summed E-state index contributed by atoms with van der Waals surface area (Å²) in [5, 5.41) is 2.95. The van der Waals surface area contributed by atoms with Gasteiger partial charge in [0, 0.05) is 24.4 Å². The molecule has 0 bridgehead atoms. The lowest BCUT2D eigenvalue weighted by Crippen LogP contribution is -2.13. The molecule has 0 spiro atoms. The van der Waals surface area contributed by atoms with Crippen LogP contribution < -0.4 is 11.1 Å². The van der Waals surface area contributed by atoms with E-state index in [4.69, 9.17) is 10.5 Å². The van der Waals surface area contributed by atoms with Crippen LogP contribution in [-0.2, 0) is 22.6 Å². The molecule has 0 atom stereocenters. The lowest BCUT2D eigenvalue weighted by molar-refractivity contribution is -0.116. The highest BCUT2D eigenvalue weighted by molar-refractivity contribution is 5.91. The SMILES string of the molecule is Nc1ccccc1CCC(=O)Nc1cccc(COCC2CC2)c1. The predicted molar refractivity (Wildman–Crippen MR) is 96.6 cm³/mol. The highest BCUT2D eigenvalue weighted by Gasteiger charge is 2.21. The Labute approximate surface area is 143 Å². The second kappa shape index (κ2) is 7.97. The van der Waals surface area contributed by atoms with Crippen molar-refractivity contribution < 1.29 is 9.53 Å². The Morgan fingerprint density at radius 3 is 2.79 bits per heavy atom. The molecule has 0 saturated heterocycles. The molecule has 1 amide bonds. The van der Waals surface area contributed by atoms with Crippen LogP contribution in [-0.4, -0.2) is 12.5 Å². The molecule has 3 rings (SSSR count). The van der Waals surface area contributed by atoms with E-state index in [0.717, 1.165) is 35.0 Å². The molecule has 0 aromatic heterocycles. The van der Waals surface area contributed by atoms with Crippen molar-refractivity contribution in [1.82, 2.24) is 0 Å². The van der Waals surface area contributed by atoms with Crippen LogP contribution in [0.2, 0.25) is 0 Å². The number of ether oxygens (including phenoxy) is 1. The third kappa shape index (κ3) is 5.10. The molecule has 24 heavy (non-hydrogen) atoms. The van der Waals surface area contributed by atoms with Crippen LogP contribution in [0, 0.1) is 5.92 Å². The second-order valence-electron chi connectivity index (χ2n) is 6.41. The number of nitrogen functional groups attached to an aromatic ring is 1. The van der Waals surface area contributed by atoms with E-state index in [1.165, 1.54) is 12.8 Å². The van der Waals surface area contributed by atoms with E-state index in [1.54, 1.807) is 0 Å². The number of hydrogen-bond acceptors (Lipinski definition) is 3. The number of hydrogen-bond donors (Lipinski definition) is 2. The first-order valence-corrected chi connectivity index (χ1v) is 8.50. The lowest BCUT2D eigenvalue weighted by atomic mass is 10.1. The molecule has 1 fully saturated rings. The van der Waals surface area contributed by atoms with Crippen LogP contribution in [0.25, 0.3) is 0 Å². The summed E-state index contributed by atoms with van der Waals surface area (Å²) in [6.07, 6.45) is 3.64. The van der Waals surface area contributed by atoms with Crippen LogP contribution in [0.4, 0.5) is 11.4 Å². The largest absolute Gasteiger partial charge is 0.399 e. The number of para-hydroxylation sites is 1. The monoisotopic (exact) mass is 324 g/mol. The van der Waals surface area contributed by atoms with Crippen molar-refractivity contribution in [3.05, 3.63) is 59.7 Å². The minimum atomic E-state index is -0.00528. The first-order valence-electron chi connectivity index (χ1n) is 8.50. The molecule has 4 nitrogen and oxygen atoms in total. The van der Waals surface area contributed by atoms with Gasteiger partial charge in [0.1, 0.15) is 0 Å². The first kappa shape index (κ1) is 16.5. The molecule has 1 saturated carbocycles. The highest BCUT2D eigenvalue weighted by Crippen LogP contribution is 2.29. The van der Waals surface area contributed by atoms with Crippen molar-refractivity contribution >= 4 is 17.3 Å². The Kier molecular flexibility index (Phi) is 5.49.